The predicted molar refractivity (Wildman–Crippen MR) is 151 cm³/mol. The van der Waals surface area contributed by atoms with Crippen LogP contribution < -0.4 is 10.9 Å². The highest BCUT2D eigenvalue weighted by molar-refractivity contribution is 7.98. The Kier molecular flexibility index (Phi) is 8.20. The minimum Gasteiger partial charge on any atom is -0.444 e. The van der Waals surface area contributed by atoms with Crippen LogP contribution in [0.1, 0.15) is 32.2 Å². The van der Waals surface area contributed by atoms with E-state index in [9.17, 15) is 9.59 Å². The second-order valence-corrected chi connectivity index (χ2v) is 11.6. The summed E-state index contributed by atoms with van der Waals surface area (Å²) in [6.07, 6.45) is 3.61. The third kappa shape index (κ3) is 6.49. The summed E-state index contributed by atoms with van der Waals surface area (Å²) in [6, 6.07) is 7.38. The van der Waals surface area contributed by atoms with Gasteiger partial charge in [-0.3, -0.25) is 9.36 Å². The van der Waals surface area contributed by atoms with Crippen molar-refractivity contribution in [3.05, 3.63) is 56.2 Å². The van der Waals surface area contributed by atoms with Gasteiger partial charge in [0.1, 0.15) is 11.2 Å². The summed E-state index contributed by atoms with van der Waals surface area (Å²) < 4.78 is 6.91. The molecule has 0 bridgehead atoms. The van der Waals surface area contributed by atoms with E-state index in [1.54, 1.807) is 28.2 Å². The van der Waals surface area contributed by atoms with Crippen molar-refractivity contribution >= 4 is 51.8 Å². The van der Waals surface area contributed by atoms with Crippen molar-refractivity contribution in [3.8, 4) is 22.4 Å². The number of nitrogens with one attached hydrogen (secondary N) is 1. The molecular formula is C26H28ClN5O3S2. The summed E-state index contributed by atoms with van der Waals surface area (Å²) in [6.45, 7) is 8.07. The molecule has 1 aromatic carbocycles. The zero-order valence-electron chi connectivity index (χ0n) is 21.3. The second kappa shape index (κ2) is 11.2. The van der Waals surface area contributed by atoms with Crippen molar-refractivity contribution in [1.82, 2.24) is 24.8 Å². The van der Waals surface area contributed by atoms with Gasteiger partial charge < -0.3 is 10.1 Å². The van der Waals surface area contributed by atoms with E-state index in [4.69, 9.17) is 16.3 Å². The highest BCUT2D eigenvalue weighted by atomic mass is 35.5. The Morgan fingerprint density at radius 1 is 1.22 bits per heavy atom. The van der Waals surface area contributed by atoms with E-state index in [0.29, 0.717) is 46.5 Å². The fourth-order valence-electron chi connectivity index (χ4n) is 3.77. The molecule has 1 amide bonds. The summed E-state index contributed by atoms with van der Waals surface area (Å²) in [7, 11) is 0. The number of carbonyl (C=O) groups is 1. The molecule has 11 heteroatoms. The number of aryl methyl sites for hydroxylation is 2. The number of nitrogens with zero attached hydrogens (tertiary/aromatic N) is 4. The third-order valence-corrected chi connectivity index (χ3v) is 7.04. The Morgan fingerprint density at radius 3 is 2.65 bits per heavy atom. The number of pyridine rings is 1. The number of thioether (sulfide) groups is 1. The molecule has 1 N–H and O–H groups in total. The van der Waals surface area contributed by atoms with Gasteiger partial charge in [0.25, 0.3) is 5.56 Å². The quantitative estimate of drug-likeness (QED) is 0.164. The number of amides is 1. The number of hydrogen-bond acceptors (Lipinski definition) is 8. The van der Waals surface area contributed by atoms with Crippen LogP contribution in [0.25, 0.3) is 33.4 Å². The highest BCUT2D eigenvalue weighted by Crippen LogP contribution is 2.32. The average Bonchev–Trinajstić information content (AvgIpc) is 3.27. The molecule has 0 aliphatic heterocycles. The monoisotopic (exact) mass is 557 g/mol. The SMILES string of the molecule is CSc1ncc2cc(-c3ccc(-c4csc(C)n4)cc3Cl)c(=O)n(CCCNC(=O)OC(C)(C)C)c2n1. The van der Waals surface area contributed by atoms with Gasteiger partial charge in [-0.2, -0.15) is 0 Å². The van der Waals surface area contributed by atoms with E-state index in [2.05, 4.69) is 20.3 Å². The molecule has 0 fully saturated rings. The normalized spacial score (nSPS) is 11.6. The lowest BCUT2D eigenvalue weighted by Crippen LogP contribution is -2.33. The number of rotatable bonds is 7. The number of hydrogen-bond donors (Lipinski definition) is 1. The summed E-state index contributed by atoms with van der Waals surface area (Å²) >= 11 is 9.66. The van der Waals surface area contributed by atoms with Gasteiger partial charge in [-0.15, -0.1) is 11.3 Å². The van der Waals surface area contributed by atoms with Crippen molar-refractivity contribution in [2.45, 2.75) is 51.4 Å². The lowest BCUT2D eigenvalue weighted by atomic mass is 10.0. The van der Waals surface area contributed by atoms with Crippen LogP contribution in [0.4, 0.5) is 4.79 Å². The average molecular weight is 558 g/mol. The van der Waals surface area contributed by atoms with E-state index in [-0.39, 0.29) is 5.56 Å². The van der Waals surface area contributed by atoms with Crippen LogP contribution >= 0.6 is 34.7 Å². The van der Waals surface area contributed by atoms with Crippen LogP contribution in [-0.2, 0) is 11.3 Å². The topological polar surface area (TPSA) is 99.0 Å². The van der Waals surface area contributed by atoms with Crippen LogP contribution in [-0.4, -0.2) is 44.0 Å². The third-order valence-electron chi connectivity index (χ3n) is 5.39. The van der Waals surface area contributed by atoms with Gasteiger partial charge in [0.15, 0.2) is 5.16 Å². The van der Waals surface area contributed by atoms with E-state index >= 15 is 0 Å². The standard InChI is InChI=1S/C26H28ClN5O3S2/c1-15-30-21(14-37-15)16-7-8-18(20(27)12-16)19-11-17-13-29-24(36-5)31-22(17)32(23(19)33)10-6-9-28-25(34)35-26(2,3)4/h7-8,11-14H,6,9-10H2,1-5H3,(H,28,34). The molecule has 0 saturated carbocycles. The van der Waals surface area contributed by atoms with Gasteiger partial charge in [-0.25, -0.2) is 19.7 Å². The maximum Gasteiger partial charge on any atom is 0.407 e. The number of alkyl carbamates (subject to hydrolysis) is 1. The fourth-order valence-corrected chi connectivity index (χ4v) is 5.01. The number of benzene rings is 1. The first kappa shape index (κ1) is 27.1. The van der Waals surface area contributed by atoms with Crippen molar-refractivity contribution < 1.29 is 9.53 Å². The Morgan fingerprint density at radius 2 is 2.00 bits per heavy atom. The molecule has 0 atom stereocenters. The van der Waals surface area contributed by atoms with E-state index < -0.39 is 11.7 Å². The first-order valence-electron chi connectivity index (χ1n) is 11.7. The molecule has 194 valence electrons. The molecule has 0 saturated heterocycles. The number of ether oxygens (including phenoxy) is 1. The van der Waals surface area contributed by atoms with E-state index in [0.717, 1.165) is 21.7 Å². The van der Waals surface area contributed by atoms with Gasteiger partial charge in [0.2, 0.25) is 0 Å². The summed E-state index contributed by atoms with van der Waals surface area (Å²) in [5, 5.41) is 7.44. The molecule has 8 nitrogen and oxygen atoms in total. The molecule has 0 spiro atoms. The van der Waals surface area contributed by atoms with Crippen LogP contribution in [0.5, 0.6) is 0 Å². The second-order valence-electron chi connectivity index (χ2n) is 9.38. The largest absolute Gasteiger partial charge is 0.444 e. The van der Waals surface area contributed by atoms with Crippen molar-refractivity contribution in [2.24, 2.45) is 0 Å². The zero-order valence-corrected chi connectivity index (χ0v) is 23.7. The van der Waals surface area contributed by atoms with Crippen LogP contribution in [0.3, 0.4) is 0 Å². The van der Waals surface area contributed by atoms with Crippen molar-refractivity contribution in [2.75, 3.05) is 12.8 Å². The first-order valence-corrected chi connectivity index (χ1v) is 14.2. The molecule has 4 rings (SSSR count). The summed E-state index contributed by atoms with van der Waals surface area (Å²) in [5.41, 5.74) is 2.57. The van der Waals surface area contributed by atoms with Gasteiger partial charge in [0.05, 0.1) is 10.7 Å². The number of carbonyl (C=O) groups excluding carboxylic acids is 1. The minimum absolute atomic E-state index is 0.213. The first-order chi connectivity index (χ1) is 17.6. The molecule has 37 heavy (non-hydrogen) atoms. The summed E-state index contributed by atoms with van der Waals surface area (Å²) in [5.74, 6) is 0. The maximum atomic E-state index is 13.7. The number of aromatic nitrogens is 4. The van der Waals surface area contributed by atoms with Gasteiger partial charge in [0, 0.05) is 51.8 Å². The number of halogens is 1. The molecular weight excluding hydrogens is 530 g/mol. The molecule has 0 aliphatic rings. The van der Waals surface area contributed by atoms with Gasteiger partial charge >= 0.3 is 6.09 Å². The Balaban J connectivity index is 1.67. The zero-order chi connectivity index (χ0) is 26.7. The predicted octanol–water partition coefficient (Wildman–Crippen LogP) is 6.18. The Bertz CT molecular complexity index is 1510. The number of thiazole rings is 1. The van der Waals surface area contributed by atoms with Gasteiger partial charge in [-0.1, -0.05) is 35.5 Å². The lowest BCUT2D eigenvalue weighted by molar-refractivity contribution is 0.0526. The minimum atomic E-state index is -0.580. The molecule has 3 aromatic heterocycles. The molecule has 4 aromatic rings. The van der Waals surface area contributed by atoms with Crippen LogP contribution in [0.2, 0.25) is 5.02 Å². The fraction of sp³-hybridized carbons (Fsp3) is 0.346. The van der Waals surface area contributed by atoms with E-state index in [1.807, 2.05) is 57.5 Å². The van der Waals surface area contributed by atoms with Crippen LogP contribution in [0.15, 0.2) is 45.8 Å². The molecule has 0 radical (unpaired) electrons. The van der Waals surface area contributed by atoms with Crippen molar-refractivity contribution in [3.63, 3.8) is 0 Å². The summed E-state index contributed by atoms with van der Waals surface area (Å²) in [4.78, 5) is 39.2. The molecule has 3 heterocycles. The Labute approximate surface area is 228 Å². The smallest absolute Gasteiger partial charge is 0.407 e. The maximum absolute atomic E-state index is 13.7. The van der Waals surface area contributed by atoms with Gasteiger partial charge in [-0.05, 0) is 52.5 Å². The Hall–Kier alpha value is -2.95. The number of fused-ring (bicyclic) bond motifs is 1. The molecule has 0 aliphatic carbocycles. The molecule has 0 unspecified atom stereocenters. The van der Waals surface area contributed by atoms with E-state index in [1.165, 1.54) is 11.8 Å². The van der Waals surface area contributed by atoms with Crippen LogP contribution in [0, 0.1) is 6.92 Å². The lowest BCUT2D eigenvalue weighted by Gasteiger charge is -2.19. The van der Waals surface area contributed by atoms with Crippen molar-refractivity contribution in [1.29, 1.82) is 0 Å². The highest BCUT2D eigenvalue weighted by Gasteiger charge is 2.18.